The maximum Gasteiger partial charge on any atom is 0.435 e. The molecule has 0 radical (unpaired) electrons. The lowest BCUT2D eigenvalue weighted by Gasteiger charge is -2.08. The van der Waals surface area contributed by atoms with E-state index in [0.29, 0.717) is 10.6 Å². The number of nitrogens with zero attached hydrogens (tertiary/aromatic N) is 2. The van der Waals surface area contributed by atoms with Crippen LogP contribution in [0.4, 0.5) is 13.2 Å². The Labute approximate surface area is 134 Å². The summed E-state index contributed by atoms with van der Waals surface area (Å²) >= 11 is 1.27. The van der Waals surface area contributed by atoms with Gasteiger partial charge in [0.1, 0.15) is 6.04 Å². The molecule has 1 unspecified atom stereocenters. The van der Waals surface area contributed by atoms with Gasteiger partial charge in [-0.25, -0.2) is 0 Å². The zero-order valence-corrected chi connectivity index (χ0v) is 13.4. The molecule has 126 valence electrons. The Hall–Kier alpha value is -1.87. The van der Waals surface area contributed by atoms with Crippen LogP contribution in [0.25, 0.3) is 10.6 Å². The highest BCUT2D eigenvalue weighted by Gasteiger charge is 2.34. The van der Waals surface area contributed by atoms with Gasteiger partial charge in [0.2, 0.25) is 0 Å². The lowest BCUT2D eigenvalue weighted by Crippen LogP contribution is -2.34. The second-order valence-electron chi connectivity index (χ2n) is 4.86. The monoisotopic (exact) mass is 347 g/mol. The quantitative estimate of drug-likeness (QED) is 0.844. The number of ether oxygens (including phenoxy) is 1. The van der Waals surface area contributed by atoms with Crippen molar-refractivity contribution < 1.29 is 22.7 Å². The van der Waals surface area contributed by atoms with Crippen molar-refractivity contribution in [2.24, 2.45) is 12.8 Å². The van der Waals surface area contributed by atoms with E-state index < -0.39 is 23.9 Å². The topological polar surface area (TPSA) is 70.1 Å². The number of hydrogen-bond acceptors (Lipinski definition) is 5. The first kappa shape index (κ1) is 17.5. The highest BCUT2D eigenvalue weighted by Crippen LogP contribution is 2.34. The predicted molar refractivity (Wildman–Crippen MR) is 79.8 cm³/mol. The molecule has 2 N–H and O–H groups in total. The molecule has 0 saturated heterocycles. The van der Waals surface area contributed by atoms with Gasteiger partial charge in [-0.2, -0.15) is 18.3 Å². The van der Waals surface area contributed by atoms with E-state index in [0.717, 1.165) is 10.9 Å². The summed E-state index contributed by atoms with van der Waals surface area (Å²) in [5, 5.41) is 3.48. The molecule has 0 spiro atoms. The second kappa shape index (κ2) is 6.71. The molecular formula is C14H16F3N3O2S. The van der Waals surface area contributed by atoms with Crippen LogP contribution in [0.15, 0.2) is 18.2 Å². The fraction of sp³-hybridized carbons (Fsp3) is 0.429. The standard InChI is InChI=1S/C14H16F3N3O2S/c1-3-22-13(21)9(18)6-8-4-5-11(23-8)10-7-12(14(15,16)17)19-20(10)2/h4-5,7,9H,3,6,18H2,1-2H3. The van der Waals surface area contributed by atoms with Gasteiger partial charge < -0.3 is 10.5 Å². The number of rotatable bonds is 5. The molecule has 2 aromatic rings. The molecule has 0 amide bonds. The van der Waals surface area contributed by atoms with Gasteiger partial charge in [0, 0.05) is 18.3 Å². The summed E-state index contributed by atoms with van der Waals surface area (Å²) in [4.78, 5) is 12.9. The number of esters is 1. The third-order valence-corrected chi connectivity index (χ3v) is 4.22. The molecule has 0 aliphatic rings. The van der Waals surface area contributed by atoms with Crippen LogP contribution in [0.3, 0.4) is 0 Å². The molecule has 0 saturated carbocycles. The minimum absolute atomic E-state index is 0.247. The molecule has 2 aromatic heterocycles. The molecule has 0 aliphatic carbocycles. The first-order chi connectivity index (χ1) is 10.7. The number of alkyl halides is 3. The highest BCUT2D eigenvalue weighted by molar-refractivity contribution is 7.15. The average molecular weight is 347 g/mol. The van der Waals surface area contributed by atoms with Crippen LogP contribution in [0, 0.1) is 0 Å². The summed E-state index contributed by atoms with van der Waals surface area (Å²) in [6.45, 7) is 1.94. The number of carbonyl (C=O) groups excluding carboxylic acids is 1. The number of nitrogens with two attached hydrogens (primary N) is 1. The second-order valence-corrected chi connectivity index (χ2v) is 6.03. The SMILES string of the molecule is CCOC(=O)C(N)Cc1ccc(-c2cc(C(F)(F)F)nn2C)s1. The van der Waals surface area contributed by atoms with Crippen molar-refractivity contribution in [2.45, 2.75) is 25.6 Å². The molecule has 1 atom stereocenters. The third kappa shape index (κ3) is 4.11. The predicted octanol–water partition coefficient (Wildman–Crippen LogP) is 2.60. The van der Waals surface area contributed by atoms with Gasteiger partial charge in [0.25, 0.3) is 0 Å². The zero-order valence-electron chi connectivity index (χ0n) is 12.6. The normalized spacial score (nSPS) is 13.1. The van der Waals surface area contributed by atoms with Crippen LogP contribution in [0.1, 0.15) is 17.5 Å². The first-order valence-electron chi connectivity index (χ1n) is 6.85. The molecule has 23 heavy (non-hydrogen) atoms. The van der Waals surface area contributed by atoms with E-state index in [1.165, 1.54) is 23.1 Å². The molecule has 2 rings (SSSR count). The van der Waals surface area contributed by atoms with Crippen molar-refractivity contribution >= 4 is 17.3 Å². The highest BCUT2D eigenvalue weighted by atomic mass is 32.1. The Morgan fingerprint density at radius 2 is 2.17 bits per heavy atom. The van der Waals surface area contributed by atoms with Gasteiger partial charge in [0.05, 0.1) is 17.2 Å². The molecule has 2 heterocycles. The van der Waals surface area contributed by atoms with Gasteiger partial charge in [-0.15, -0.1) is 11.3 Å². The molecule has 0 bridgehead atoms. The smallest absolute Gasteiger partial charge is 0.435 e. The maximum absolute atomic E-state index is 12.7. The summed E-state index contributed by atoms with van der Waals surface area (Å²) < 4.78 is 44.1. The molecule has 0 fully saturated rings. The summed E-state index contributed by atoms with van der Waals surface area (Å²) in [7, 11) is 1.45. The average Bonchev–Trinajstić information content (AvgIpc) is 3.04. The van der Waals surface area contributed by atoms with E-state index in [2.05, 4.69) is 5.10 Å². The molecule has 5 nitrogen and oxygen atoms in total. The Kier molecular flexibility index (Phi) is 5.10. The van der Waals surface area contributed by atoms with Gasteiger partial charge >= 0.3 is 12.1 Å². The molecule has 9 heteroatoms. The van der Waals surface area contributed by atoms with Gasteiger partial charge in [-0.05, 0) is 25.1 Å². The summed E-state index contributed by atoms with van der Waals surface area (Å²) in [6, 6.07) is 3.63. The molecule has 0 aromatic carbocycles. The van der Waals surface area contributed by atoms with E-state index in [9.17, 15) is 18.0 Å². The lowest BCUT2D eigenvalue weighted by molar-refractivity contribution is -0.144. The van der Waals surface area contributed by atoms with E-state index in [1.54, 1.807) is 19.1 Å². The Morgan fingerprint density at radius 1 is 1.48 bits per heavy atom. The Balaban J connectivity index is 2.17. The van der Waals surface area contributed by atoms with Crippen LogP contribution in [-0.2, 0) is 29.2 Å². The number of thiophene rings is 1. The number of aryl methyl sites for hydroxylation is 1. The van der Waals surface area contributed by atoms with Crippen LogP contribution in [-0.4, -0.2) is 28.4 Å². The number of halogens is 3. The van der Waals surface area contributed by atoms with Crippen LogP contribution in [0.5, 0.6) is 0 Å². The lowest BCUT2D eigenvalue weighted by atomic mass is 10.2. The maximum atomic E-state index is 12.7. The van der Waals surface area contributed by atoms with Crippen LogP contribution >= 0.6 is 11.3 Å². The van der Waals surface area contributed by atoms with Crippen molar-refractivity contribution in [3.05, 3.63) is 28.8 Å². The minimum Gasteiger partial charge on any atom is -0.465 e. The van der Waals surface area contributed by atoms with Crippen molar-refractivity contribution in [2.75, 3.05) is 6.61 Å². The van der Waals surface area contributed by atoms with Crippen molar-refractivity contribution in [3.8, 4) is 10.6 Å². The summed E-state index contributed by atoms with van der Waals surface area (Å²) in [5.74, 6) is -0.498. The zero-order chi connectivity index (χ0) is 17.2. The number of aromatic nitrogens is 2. The number of carbonyl (C=O) groups is 1. The Morgan fingerprint density at radius 3 is 2.74 bits per heavy atom. The van der Waals surface area contributed by atoms with E-state index in [4.69, 9.17) is 10.5 Å². The van der Waals surface area contributed by atoms with E-state index in [1.807, 2.05) is 0 Å². The fourth-order valence-electron chi connectivity index (χ4n) is 2.01. The van der Waals surface area contributed by atoms with Crippen molar-refractivity contribution in [1.82, 2.24) is 9.78 Å². The Bertz CT molecular complexity index is 694. The summed E-state index contributed by atoms with van der Waals surface area (Å²) in [6.07, 6.45) is -4.21. The molecular weight excluding hydrogens is 331 g/mol. The van der Waals surface area contributed by atoms with Gasteiger partial charge in [-0.1, -0.05) is 0 Å². The van der Waals surface area contributed by atoms with Crippen molar-refractivity contribution in [1.29, 1.82) is 0 Å². The van der Waals surface area contributed by atoms with Gasteiger partial charge in [0.15, 0.2) is 5.69 Å². The van der Waals surface area contributed by atoms with Crippen LogP contribution in [0.2, 0.25) is 0 Å². The van der Waals surface area contributed by atoms with Crippen LogP contribution < -0.4 is 5.73 Å². The van der Waals surface area contributed by atoms with E-state index in [-0.39, 0.29) is 13.0 Å². The first-order valence-corrected chi connectivity index (χ1v) is 7.66. The third-order valence-electron chi connectivity index (χ3n) is 3.09. The minimum atomic E-state index is -4.48. The largest absolute Gasteiger partial charge is 0.465 e. The van der Waals surface area contributed by atoms with E-state index >= 15 is 0 Å². The molecule has 0 aliphatic heterocycles. The fourth-order valence-corrected chi connectivity index (χ4v) is 3.12. The van der Waals surface area contributed by atoms with Gasteiger partial charge in [-0.3, -0.25) is 9.48 Å². The number of hydrogen-bond donors (Lipinski definition) is 1. The van der Waals surface area contributed by atoms with Crippen molar-refractivity contribution in [3.63, 3.8) is 0 Å². The summed E-state index contributed by atoms with van der Waals surface area (Å²) in [5.41, 5.74) is 5.16.